The van der Waals surface area contributed by atoms with E-state index in [0.29, 0.717) is 18.9 Å². The van der Waals surface area contributed by atoms with E-state index in [1.807, 2.05) is 24.3 Å². The van der Waals surface area contributed by atoms with Gasteiger partial charge in [0.2, 0.25) is 0 Å². The maximum Gasteiger partial charge on any atom is 0.347 e. The molecule has 0 saturated heterocycles. The van der Waals surface area contributed by atoms with Gasteiger partial charge in [0.1, 0.15) is 5.75 Å². The Morgan fingerprint density at radius 1 is 1.08 bits per heavy atom. The van der Waals surface area contributed by atoms with Crippen molar-refractivity contribution in [3.05, 3.63) is 29.8 Å². The number of benzene rings is 1. The highest BCUT2D eigenvalue weighted by atomic mass is 16.6. The number of esters is 1. The third kappa shape index (κ3) is 7.13. The Kier molecular flexibility index (Phi) is 7.90. The van der Waals surface area contributed by atoms with Crippen molar-refractivity contribution in [3.63, 3.8) is 0 Å². The summed E-state index contributed by atoms with van der Waals surface area (Å²) in [5.41, 5.74) is 1.23. The molecule has 0 aliphatic rings. The second-order valence-corrected chi connectivity index (χ2v) is 6.90. The molecule has 0 bridgehead atoms. The number of nitrogens with one attached hydrogen (secondary N) is 1. The fraction of sp³-hybridized carbons (Fsp3) is 0.579. The summed E-state index contributed by atoms with van der Waals surface area (Å²) < 4.78 is 15.6. The van der Waals surface area contributed by atoms with Crippen molar-refractivity contribution >= 4 is 11.9 Å². The van der Waals surface area contributed by atoms with E-state index < -0.39 is 18.2 Å². The first-order valence-electron chi connectivity index (χ1n) is 8.39. The van der Waals surface area contributed by atoms with Crippen LogP contribution in [-0.2, 0) is 24.5 Å². The first-order chi connectivity index (χ1) is 11.6. The predicted molar refractivity (Wildman–Crippen MR) is 95.7 cm³/mol. The molecule has 0 spiro atoms. The lowest BCUT2D eigenvalue weighted by atomic mass is 9.87. The molecule has 0 saturated carbocycles. The van der Waals surface area contributed by atoms with E-state index in [0.717, 1.165) is 0 Å². The fourth-order valence-electron chi connectivity index (χ4n) is 2.03. The van der Waals surface area contributed by atoms with E-state index in [9.17, 15) is 9.59 Å². The van der Waals surface area contributed by atoms with Crippen molar-refractivity contribution in [1.29, 1.82) is 0 Å². The summed E-state index contributed by atoms with van der Waals surface area (Å²) in [5.74, 6) is -0.379. The number of amides is 1. The summed E-state index contributed by atoms with van der Waals surface area (Å²) in [5, 5.41) is 2.62. The molecule has 1 aromatic rings. The Balaban J connectivity index is 2.52. The zero-order valence-corrected chi connectivity index (χ0v) is 15.9. The Bertz CT molecular complexity index is 562. The van der Waals surface area contributed by atoms with E-state index in [1.165, 1.54) is 12.5 Å². The number of hydrogen-bond donors (Lipinski definition) is 1. The van der Waals surface area contributed by atoms with Crippen molar-refractivity contribution in [2.45, 2.75) is 52.2 Å². The van der Waals surface area contributed by atoms with Gasteiger partial charge in [-0.3, -0.25) is 4.79 Å². The van der Waals surface area contributed by atoms with Gasteiger partial charge in [-0.2, -0.15) is 0 Å². The summed E-state index contributed by atoms with van der Waals surface area (Å²) in [6, 6.07) is 7.59. The Morgan fingerprint density at radius 2 is 1.68 bits per heavy atom. The highest BCUT2D eigenvalue weighted by Crippen LogP contribution is 2.24. The van der Waals surface area contributed by atoms with Gasteiger partial charge in [-0.1, -0.05) is 32.9 Å². The van der Waals surface area contributed by atoms with E-state index in [1.54, 1.807) is 14.0 Å². The molecule has 0 fully saturated rings. The van der Waals surface area contributed by atoms with Crippen molar-refractivity contribution in [2.24, 2.45) is 0 Å². The fourth-order valence-corrected chi connectivity index (χ4v) is 2.03. The molecule has 1 amide bonds. The minimum absolute atomic E-state index is 0.0503. The lowest BCUT2D eigenvalue weighted by molar-refractivity contribution is -0.160. The molecular formula is C19H29NO5. The number of ether oxygens (including phenoxy) is 3. The zero-order chi connectivity index (χ0) is 19.0. The maximum absolute atomic E-state index is 12.1. The van der Waals surface area contributed by atoms with Crippen LogP contribution in [0.4, 0.5) is 0 Å². The molecule has 6 heteroatoms. The number of hydrogen-bond acceptors (Lipinski definition) is 5. The topological polar surface area (TPSA) is 73.9 Å². The molecule has 140 valence electrons. The van der Waals surface area contributed by atoms with Crippen LogP contribution >= 0.6 is 0 Å². The summed E-state index contributed by atoms with van der Waals surface area (Å²) in [6.45, 7) is 10.3. The van der Waals surface area contributed by atoms with Gasteiger partial charge in [0.15, 0.2) is 12.2 Å². The standard InChI is InChI=1S/C19H29NO5/c1-13(17(21)20-11-12-23-6)25-18(22)14(2)24-16-9-7-15(8-10-16)19(3,4)5/h7-10,13-14H,11-12H2,1-6H3,(H,20,21)/t13-,14-/m1/s1. The Morgan fingerprint density at radius 3 is 2.20 bits per heavy atom. The molecule has 0 aliphatic heterocycles. The van der Waals surface area contributed by atoms with E-state index >= 15 is 0 Å². The highest BCUT2D eigenvalue weighted by molar-refractivity contribution is 5.84. The molecule has 0 unspecified atom stereocenters. The predicted octanol–water partition coefficient (Wildman–Crippen LogP) is 2.45. The summed E-state index contributed by atoms with van der Waals surface area (Å²) in [7, 11) is 1.54. The number of carbonyl (C=O) groups is 2. The minimum atomic E-state index is -0.890. The van der Waals surface area contributed by atoms with E-state index in [-0.39, 0.29) is 11.3 Å². The SMILES string of the molecule is COCCNC(=O)[C@@H](C)OC(=O)[C@@H](C)Oc1ccc(C(C)(C)C)cc1. The van der Waals surface area contributed by atoms with E-state index in [4.69, 9.17) is 14.2 Å². The molecule has 6 nitrogen and oxygen atoms in total. The number of rotatable bonds is 8. The Labute approximate surface area is 149 Å². The molecule has 0 aliphatic carbocycles. The summed E-state index contributed by atoms with van der Waals surface area (Å²) in [4.78, 5) is 23.8. The smallest absolute Gasteiger partial charge is 0.347 e. The van der Waals surface area contributed by atoms with Crippen LogP contribution in [0.15, 0.2) is 24.3 Å². The molecule has 0 aromatic heterocycles. The third-order valence-electron chi connectivity index (χ3n) is 3.63. The van der Waals surface area contributed by atoms with Crippen LogP contribution < -0.4 is 10.1 Å². The van der Waals surface area contributed by atoms with Crippen molar-refractivity contribution in [3.8, 4) is 5.75 Å². The van der Waals surface area contributed by atoms with Crippen LogP contribution in [-0.4, -0.2) is 44.3 Å². The second-order valence-electron chi connectivity index (χ2n) is 6.90. The molecule has 1 aromatic carbocycles. The monoisotopic (exact) mass is 351 g/mol. The lowest BCUT2D eigenvalue weighted by Gasteiger charge is -2.20. The molecule has 1 N–H and O–H groups in total. The quantitative estimate of drug-likeness (QED) is 0.575. The van der Waals surface area contributed by atoms with Gasteiger partial charge in [-0.25, -0.2) is 4.79 Å². The summed E-state index contributed by atoms with van der Waals surface area (Å²) >= 11 is 0. The van der Waals surface area contributed by atoms with Crippen LogP contribution in [0.2, 0.25) is 0 Å². The molecule has 0 heterocycles. The Hall–Kier alpha value is -2.08. The van der Waals surface area contributed by atoms with Gasteiger partial charge in [-0.05, 0) is 37.0 Å². The maximum atomic E-state index is 12.1. The van der Waals surface area contributed by atoms with Crippen molar-refractivity contribution < 1.29 is 23.8 Å². The lowest BCUT2D eigenvalue weighted by Crippen LogP contribution is -2.39. The molecule has 1 rings (SSSR count). The first kappa shape index (κ1) is 21.0. The number of methoxy groups -OCH3 is 1. The van der Waals surface area contributed by atoms with Gasteiger partial charge >= 0.3 is 5.97 Å². The van der Waals surface area contributed by atoms with Gasteiger partial charge in [-0.15, -0.1) is 0 Å². The molecule has 0 radical (unpaired) electrons. The van der Waals surface area contributed by atoms with Gasteiger partial charge in [0.05, 0.1) is 6.61 Å². The average molecular weight is 351 g/mol. The second kappa shape index (κ2) is 9.42. The third-order valence-corrected chi connectivity index (χ3v) is 3.63. The number of carbonyl (C=O) groups excluding carboxylic acids is 2. The minimum Gasteiger partial charge on any atom is -0.479 e. The molecule has 2 atom stereocenters. The largest absolute Gasteiger partial charge is 0.479 e. The average Bonchev–Trinajstić information content (AvgIpc) is 2.54. The van der Waals surface area contributed by atoms with Gasteiger partial charge in [0, 0.05) is 13.7 Å². The first-order valence-corrected chi connectivity index (χ1v) is 8.39. The highest BCUT2D eigenvalue weighted by Gasteiger charge is 2.23. The van der Waals surface area contributed by atoms with Crippen molar-refractivity contribution in [1.82, 2.24) is 5.32 Å². The van der Waals surface area contributed by atoms with Crippen LogP contribution in [0.25, 0.3) is 0 Å². The van der Waals surface area contributed by atoms with Gasteiger partial charge < -0.3 is 19.5 Å². The molecule has 25 heavy (non-hydrogen) atoms. The van der Waals surface area contributed by atoms with Crippen LogP contribution in [0, 0.1) is 0 Å². The van der Waals surface area contributed by atoms with E-state index in [2.05, 4.69) is 26.1 Å². The van der Waals surface area contributed by atoms with Crippen LogP contribution in [0.5, 0.6) is 5.75 Å². The van der Waals surface area contributed by atoms with Gasteiger partial charge in [0.25, 0.3) is 5.91 Å². The van der Waals surface area contributed by atoms with Crippen LogP contribution in [0.3, 0.4) is 0 Å². The summed E-state index contributed by atoms with van der Waals surface area (Å²) in [6.07, 6.45) is -1.70. The van der Waals surface area contributed by atoms with Crippen molar-refractivity contribution in [2.75, 3.05) is 20.3 Å². The normalized spacial score (nSPS) is 13.7. The van der Waals surface area contributed by atoms with Crippen LogP contribution in [0.1, 0.15) is 40.2 Å². The molecular weight excluding hydrogens is 322 g/mol. The zero-order valence-electron chi connectivity index (χ0n) is 15.9.